The summed E-state index contributed by atoms with van der Waals surface area (Å²) in [5, 5.41) is 8.52. The Morgan fingerprint density at radius 3 is 2.72 bits per heavy atom. The van der Waals surface area contributed by atoms with Gasteiger partial charge in [-0.15, -0.1) is 11.3 Å². The van der Waals surface area contributed by atoms with Gasteiger partial charge in [-0.1, -0.05) is 19.9 Å². The van der Waals surface area contributed by atoms with Crippen LogP contribution >= 0.6 is 11.3 Å². The van der Waals surface area contributed by atoms with Crippen LogP contribution in [0.1, 0.15) is 24.8 Å². The van der Waals surface area contributed by atoms with Crippen LogP contribution in [-0.2, 0) is 0 Å². The molecule has 2 heterocycles. The van der Waals surface area contributed by atoms with Crippen LogP contribution in [0.5, 0.6) is 0 Å². The van der Waals surface area contributed by atoms with Gasteiger partial charge in [0.2, 0.25) is 5.95 Å². The highest BCUT2D eigenvalue weighted by Crippen LogP contribution is 2.29. The van der Waals surface area contributed by atoms with Crippen molar-refractivity contribution in [2.75, 3.05) is 17.7 Å². The molecule has 0 fully saturated rings. The number of rotatable bonds is 5. The van der Waals surface area contributed by atoms with Crippen LogP contribution in [0, 0.1) is 5.92 Å². The van der Waals surface area contributed by atoms with Gasteiger partial charge in [0, 0.05) is 18.1 Å². The van der Waals surface area contributed by atoms with Gasteiger partial charge in [-0.3, -0.25) is 0 Å². The summed E-state index contributed by atoms with van der Waals surface area (Å²) in [6, 6.07) is 6.41. The Bertz CT molecular complexity index is 481. The minimum Gasteiger partial charge on any atom is -0.362 e. The molecule has 0 aliphatic rings. The fourth-order valence-corrected chi connectivity index (χ4v) is 2.70. The number of thiophene rings is 1. The minimum atomic E-state index is 0.282. The molecule has 1 unspecified atom stereocenters. The van der Waals surface area contributed by atoms with Gasteiger partial charge in [0.1, 0.15) is 5.82 Å². The first-order valence-corrected chi connectivity index (χ1v) is 6.89. The van der Waals surface area contributed by atoms with Crippen molar-refractivity contribution in [3.63, 3.8) is 0 Å². The van der Waals surface area contributed by atoms with Crippen molar-refractivity contribution >= 4 is 23.1 Å². The third-order valence-electron chi connectivity index (χ3n) is 2.70. The predicted octanol–water partition coefficient (Wildman–Crippen LogP) is 3.39. The lowest BCUT2D eigenvalue weighted by Gasteiger charge is -2.21. The van der Waals surface area contributed by atoms with E-state index in [2.05, 4.69) is 52.0 Å². The van der Waals surface area contributed by atoms with E-state index >= 15 is 0 Å². The summed E-state index contributed by atoms with van der Waals surface area (Å²) in [6.45, 7) is 4.41. The zero-order chi connectivity index (χ0) is 13.0. The Balaban J connectivity index is 2.18. The van der Waals surface area contributed by atoms with Crippen LogP contribution in [0.15, 0.2) is 29.8 Å². The molecular weight excluding hydrogens is 244 g/mol. The summed E-state index contributed by atoms with van der Waals surface area (Å²) in [7, 11) is 1.82. The maximum absolute atomic E-state index is 4.39. The van der Waals surface area contributed by atoms with Crippen LogP contribution in [0.25, 0.3) is 0 Å². The van der Waals surface area contributed by atoms with E-state index in [1.807, 2.05) is 13.1 Å². The number of nitrogens with zero attached hydrogens (tertiary/aromatic N) is 2. The van der Waals surface area contributed by atoms with Crippen LogP contribution in [-0.4, -0.2) is 17.0 Å². The monoisotopic (exact) mass is 262 g/mol. The number of hydrogen-bond acceptors (Lipinski definition) is 5. The van der Waals surface area contributed by atoms with E-state index in [1.165, 1.54) is 4.88 Å². The van der Waals surface area contributed by atoms with E-state index in [1.54, 1.807) is 17.5 Å². The van der Waals surface area contributed by atoms with Gasteiger partial charge in [0.15, 0.2) is 0 Å². The maximum Gasteiger partial charge on any atom is 0.224 e. The highest BCUT2D eigenvalue weighted by atomic mass is 32.1. The van der Waals surface area contributed by atoms with Gasteiger partial charge < -0.3 is 10.6 Å². The standard InChI is InChI=1S/C13H18N4S/c1-9(2)12(10-5-4-8-18-10)16-11-6-7-15-13(14-3)17-11/h4-9,12H,1-3H3,(H2,14,15,16,17). The molecule has 96 valence electrons. The molecule has 0 saturated carbocycles. The van der Waals surface area contributed by atoms with Gasteiger partial charge >= 0.3 is 0 Å². The molecule has 2 N–H and O–H groups in total. The first-order chi connectivity index (χ1) is 8.70. The highest BCUT2D eigenvalue weighted by molar-refractivity contribution is 7.10. The van der Waals surface area contributed by atoms with E-state index in [9.17, 15) is 0 Å². The smallest absolute Gasteiger partial charge is 0.224 e. The molecule has 0 amide bonds. The third-order valence-corrected chi connectivity index (χ3v) is 3.65. The fourth-order valence-electron chi connectivity index (χ4n) is 1.75. The van der Waals surface area contributed by atoms with E-state index in [-0.39, 0.29) is 6.04 Å². The van der Waals surface area contributed by atoms with Crippen molar-refractivity contribution in [1.82, 2.24) is 9.97 Å². The first kappa shape index (κ1) is 12.8. The second-order valence-corrected chi connectivity index (χ2v) is 5.38. The lowest BCUT2D eigenvalue weighted by molar-refractivity contribution is 0.552. The van der Waals surface area contributed by atoms with Crippen molar-refractivity contribution in [2.45, 2.75) is 19.9 Å². The maximum atomic E-state index is 4.39. The summed E-state index contributed by atoms with van der Waals surface area (Å²) < 4.78 is 0. The molecule has 1 atom stereocenters. The Kier molecular flexibility index (Phi) is 4.15. The molecule has 2 rings (SSSR count). The Hall–Kier alpha value is -1.62. The average Bonchev–Trinajstić information content (AvgIpc) is 2.89. The molecule has 0 spiro atoms. The lowest BCUT2D eigenvalue weighted by Crippen LogP contribution is -2.16. The molecule has 0 aliphatic heterocycles. The van der Waals surface area contributed by atoms with Crippen LogP contribution < -0.4 is 10.6 Å². The van der Waals surface area contributed by atoms with Gasteiger partial charge in [-0.05, 0) is 23.4 Å². The molecule has 0 saturated heterocycles. The minimum absolute atomic E-state index is 0.282. The predicted molar refractivity (Wildman–Crippen MR) is 77.1 cm³/mol. The zero-order valence-corrected chi connectivity index (χ0v) is 11.7. The molecule has 2 aromatic heterocycles. The van der Waals surface area contributed by atoms with Crippen LogP contribution in [0.3, 0.4) is 0 Å². The van der Waals surface area contributed by atoms with Crippen molar-refractivity contribution in [3.05, 3.63) is 34.7 Å². The molecule has 0 radical (unpaired) electrons. The summed E-state index contributed by atoms with van der Waals surface area (Å²) >= 11 is 1.77. The average molecular weight is 262 g/mol. The van der Waals surface area contributed by atoms with Gasteiger partial charge in [-0.2, -0.15) is 4.98 Å². The second-order valence-electron chi connectivity index (χ2n) is 4.40. The highest BCUT2D eigenvalue weighted by Gasteiger charge is 2.17. The summed E-state index contributed by atoms with van der Waals surface area (Å²) in [6.07, 6.45) is 1.76. The Morgan fingerprint density at radius 2 is 2.11 bits per heavy atom. The number of aromatic nitrogens is 2. The summed E-state index contributed by atoms with van der Waals surface area (Å²) in [4.78, 5) is 9.84. The van der Waals surface area contributed by atoms with Crippen molar-refractivity contribution in [2.24, 2.45) is 5.92 Å². The van der Waals surface area contributed by atoms with Crippen LogP contribution in [0.2, 0.25) is 0 Å². The Morgan fingerprint density at radius 1 is 1.28 bits per heavy atom. The first-order valence-electron chi connectivity index (χ1n) is 6.01. The van der Waals surface area contributed by atoms with Crippen molar-refractivity contribution in [1.29, 1.82) is 0 Å². The van der Waals surface area contributed by atoms with E-state index in [0.29, 0.717) is 11.9 Å². The van der Waals surface area contributed by atoms with E-state index < -0.39 is 0 Å². The largest absolute Gasteiger partial charge is 0.362 e. The zero-order valence-electron chi connectivity index (χ0n) is 10.8. The van der Waals surface area contributed by atoms with Crippen LogP contribution in [0.4, 0.5) is 11.8 Å². The second kappa shape index (κ2) is 5.82. The number of nitrogens with one attached hydrogen (secondary N) is 2. The lowest BCUT2D eigenvalue weighted by atomic mass is 10.0. The van der Waals surface area contributed by atoms with Gasteiger partial charge in [-0.25, -0.2) is 4.98 Å². The number of hydrogen-bond donors (Lipinski definition) is 2. The molecule has 0 aromatic carbocycles. The fraction of sp³-hybridized carbons (Fsp3) is 0.385. The van der Waals surface area contributed by atoms with Crippen molar-refractivity contribution in [3.8, 4) is 0 Å². The van der Waals surface area contributed by atoms with Crippen molar-refractivity contribution < 1.29 is 0 Å². The molecule has 0 aliphatic carbocycles. The molecule has 4 nitrogen and oxygen atoms in total. The summed E-state index contributed by atoms with van der Waals surface area (Å²) in [5.74, 6) is 1.98. The topological polar surface area (TPSA) is 49.8 Å². The third kappa shape index (κ3) is 2.98. The van der Waals surface area contributed by atoms with Gasteiger partial charge in [0.05, 0.1) is 6.04 Å². The molecule has 5 heteroatoms. The quantitative estimate of drug-likeness (QED) is 0.867. The summed E-state index contributed by atoms with van der Waals surface area (Å²) in [5.41, 5.74) is 0. The molecule has 2 aromatic rings. The number of anilines is 2. The van der Waals surface area contributed by atoms with E-state index in [4.69, 9.17) is 0 Å². The van der Waals surface area contributed by atoms with Gasteiger partial charge in [0.25, 0.3) is 0 Å². The molecule has 18 heavy (non-hydrogen) atoms. The SMILES string of the molecule is CNc1nccc(NC(c2cccs2)C(C)C)n1. The normalized spacial score (nSPS) is 12.4. The Labute approximate surface area is 111 Å². The molecular formula is C13H18N4S. The van der Waals surface area contributed by atoms with E-state index in [0.717, 1.165) is 5.82 Å². The molecule has 0 bridgehead atoms.